The van der Waals surface area contributed by atoms with Crippen LogP contribution in [0.1, 0.15) is 19.4 Å². The summed E-state index contributed by atoms with van der Waals surface area (Å²) in [6.07, 6.45) is 0. The summed E-state index contributed by atoms with van der Waals surface area (Å²) in [7, 11) is 0. The summed E-state index contributed by atoms with van der Waals surface area (Å²) >= 11 is 15.2. The Morgan fingerprint density at radius 3 is 2.17 bits per heavy atom. The molecule has 0 spiro atoms. The Balaban J connectivity index is 3.14. The predicted octanol–water partition coefficient (Wildman–Crippen LogP) is 4.62. The van der Waals surface area contributed by atoms with Gasteiger partial charge < -0.3 is 0 Å². The maximum atomic E-state index is 5.87. The predicted molar refractivity (Wildman–Crippen MR) is 58.4 cm³/mol. The van der Waals surface area contributed by atoms with Crippen molar-refractivity contribution in [3.05, 3.63) is 33.8 Å². The average Bonchev–Trinajstić information content (AvgIpc) is 1.92. The molecule has 0 aliphatic rings. The molecule has 0 heterocycles. The normalized spacial score (nSPS) is 11.8. The van der Waals surface area contributed by atoms with E-state index in [1.165, 1.54) is 0 Å². The monoisotopic (exact) mass is 266 g/mol. The maximum absolute atomic E-state index is 5.87. The van der Waals surface area contributed by atoms with Gasteiger partial charge in [-0.15, -0.1) is 0 Å². The summed E-state index contributed by atoms with van der Waals surface area (Å²) in [5.41, 5.74) is 1.12. The first-order chi connectivity index (χ1) is 5.41. The largest absolute Gasteiger partial charge is 0.0827 e. The lowest BCUT2D eigenvalue weighted by atomic mass is 10.0. The second kappa shape index (κ2) is 3.57. The van der Waals surface area contributed by atoms with Crippen LogP contribution in [-0.4, -0.2) is 0 Å². The molecule has 0 saturated carbocycles. The topological polar surface area (TPSA) is 0 Å². The number of hydrogen-bond acceptors (Lipinski definition) is 0. The van der Waals surface area contributed by atoms with E-state index in [0.717, 1.165) is 5.56 Å². The van der Waals surface area contributed by atoms with E-state index in [0.29, 0.717) is 10.0 Å². The molecule has 0 amide bonds. The molecule has 12 heavy (non-hydrogen) atoms. The molecule has 0 aliphatic heterocycles. The van der Waals surface area contributed by atoms with Crippen molar-refractivity contribution >= 4 is 39.1 Å². The van der Waals surface area contributed by atoms with Gasteiger partial charge in [0.25, 0.3) is 0 Å². The first-order valence-electron chi connectivity index (χ1n) is 3.55. The van der Waals surface area contributed by atoms with Gasteiger partial charge in [-0.2, -0.15) is 0 Å². The van der Waals surface area contributed by atoms with Crippen LogP contribution in [0, 0.1) is 0 Å². The van der Waals surface area contributed by atoms with E-state index in [9.17, 15) is 0 Å². The Hall–Kier alpha value is 0.280. The highest BCUT2D eigenvalue weighted by Gasteiger charge is 2.16. The number of benzene rings is 1. The molecule has 0 aromatic heterocycles. The fourth-order valence-corrected chi connectivity index (χ4v) is 1.41. The molecule has 0 bridgehead atoms. The Morgan fingerprint density at radius 2 is 1.75 bits per heavy atom. The van der Waals surface area contributed by atoms with Gasteiger partial charge in [-0.25, -0.2) is 0 Å². The van der Waals surface area contributed by atoms with Crippen molar-refractivity contribution in [3.8, 4) is 0 Å². The maximum Gasteiger partial charge on any atom is 0.0595 e. The fourth-order valence-electron chi connectivity index (χ4n) is 0.866. The molecule has 0 atom stereocenters. The van der Waals surface area contributed by atoms with Crippen molar-refractivity contribution in [1.82, 2.24) is 0 Å². The van der Waals surface area contributed by atoms with Crippen LogP contribution in [0.4, 0.5) is 0 Å². The van der Waals surface area contributed by atoms with Gasteiger partial charge in [0.15, 0.2) is 0 Å². The van der Waals surface area contributed by atoms with Crippen LogP contribution >= 0.6 is 39.1 Å². The first kappa shape index (κ1) is 10.4. The molecule has 66 valence electrons. The number of alkyl halides is 1. The zero-order valence-corrected chi connectivity index (χ0v) is 9.96. The van der Waals surface area contributed by atoms with Crippen LogP contribution in [0.15, 0.2) is 18.2 Å². The van der Waals surface area contributed by atoms with Crippen molar-refractivity contribution in [2.75, 3.05) is 0 Å². The summed E-state index contributed by atoms with van der Waals surface area (Å²) in [5.74, 6) is 0. The van der Waals surface area contributed by atoms with E-state index in [4.69, 9.17) is 23.2 Å². The van der Waals surface area contributed by atoms with Gasteiger partial charge >= 0.3 is 0 Å². The van der Waals surface area contributed by atoms with Crippen LogP contribution in [0.2, 0.25) is 10.0 Å². The number of hydrogen-bond donors (Lipinski definition) is 0. The van der Waals surface area contributed by atoms with Gasteiger partial charge in [0.2, 0.25) is 0 Å². The number of rotatable bonds is 1. The molecular formula is C9H9BrCl2. The van der Waals surface area contributed by atoms with Crippen LogP contribution in [0.3, 0.4) is 0 Å². The van der Waals surface area contributed by atoms with Gasteiger partial charge in [-0.3, -0.25) is 0 Å². The van der Waals surface area contributed by atoms with Crippen molar-refractivity contribution in [2.24, 2.45) is 0 Å². The van der Waals surface area contributed by atoms with Crippen molar-refractivity contribution < 1.29 is 0 Å². The van der Waals surface area contributed by atoms with Crippen LogP contribution < -0.4 is 0 Å². The molecule has 0 N–H and O–H groups in total. The lowest BCUT2D eigenvalue weighted by molar-refractivity contribution is 0.803. The van der Waals surface area contributed by atoms with Gasteiger partial charge in [-0.1, -0.05) is 45.2 Å². The van der Waals surface area contributed by atoms with Crippen molar-refractivity contribution in [2.45, 2.75) is 18.2 Å². The van der Waals surface area contributed by atoms with Gasteiger partial charge in [0.05, 0.1) is 10.0 Å². The summed E-state index contributed by atoms with van der Waals surface area (Å²) in [6, 6.07) is 5.64. The second-order valence-electron chi connectivity index (χ2n) is 3.10. The molecule has 3 heteroatoms. The zero-order chi connectivity index (χ0) is 9.35. The standard InChI is InChI=1S/C9H9BrCl2/c1-9(2,10)6-3-4-7(11)8(12)5-6/h3-5H,1-2H3. The lowest BCUT2D eigenvalue weighted by Crippen LogP contribution is -2.05. The molecule has 1 aromatic rings. The van der Waals surface area contributed by atoms with Gasteiger partial charge in [-0.05, 0) is 31.5 Å². The molecular weight excluding hydrogens is 259 g/mol. The first-order valence-corrected chi connectivity index (χ1v) is 5.10. The van der Waals surface area contributed by atoms with E-state index in [-0.39, 0.29) is 4.32 Å². The summed E-state index contributed by atoms with van der Waals surface area (Å²) < 4.78 is -0.0543. The minimum absolute atomic E-state index is 0.0543. The third-order valence-corrected chi connectivity index (χ3v) is 2.80. The molecule has 0 radical (unpaired) electrons. The van der Waals surface area contributed by atoms with Gasteiger partial charge in [0, 0.05) is 4.32 Å². The Bertz CT molecular complexity index is 289. The Kier molecular flexibility index (Phi) is 3.08. The molecule has 0 aliphatic carbocycles. The Morgan fingerprint density at radius 1 is 1.17 bits per heavy atom. The van der Waals surface area contributed by atoms with E-state index < -0.39 is 0 Å². The summed E-state index contributed by atoms with van der Waals surface area (Å²) in [5, 5.41) is 1.19. The number of halogens is 3. The third kappa shape index (κ3) is 2.38. The molecule has 0 nitrogen and oxygen atoms in total. The third-order valence-electron chi connectivity index (χ3n) is 1.61. The van der Waals surface area contributed by atoms with Gasteiger partial charge in [0.1, 0.15) is 0 Å². The minimum Gasteiger partial charge on any atom is -0.0827 e. The van der Waals surface area contributed by atoms with Crippen molar-refractivity contribution in [3.63, 3.8) is 0 Å². The lowest BCUT2D eigenvalue weighted by Gasteiger charge is -2.16. The summed E-state index contributed by atoms with van der Waals surface area (Å²) in [4.78, 5) is 0. The molecule has 0 unspecified atom stereocenters. The van der Waals surface area contributed by atoms with Crippen LogP contribution in [0.25, 0.3) is 0 Å². The van der Waals surface area contributed by atoms with E-state index in [1.807, 2.05) is 18.2 Å². The average molecular weight is 268 g/mol. The molecule has 1 rings (SSSR count). The highest BCUT2D eigenvalue weighted by Crippen LogP contribution is 2.33. The van der Waals surface area contributed by atoms with E-state index in [2.05, 4.69) is 29.8 Å². The van der Waals surface area contributed by atoms with E-state index in [1.54, 1.807) is 0 Å². The minimum atomic E-state index is -0.0543. The van der Waals surface area contributed by atoms with Crippen LogP contribution in [-0.2, 0) is 4.32 Å². The quantitative estimate of drug-likeness (QED) is 0.651. The fraction of sp³-hybridized carbons (Fsp3) is 0.333. The Labute approximate surface area is 91.0 Å². The van der Waals surface area contributed by atoms with Crippen LogP contribution in [0.5, 0.6) is 0 Å². The highest BCUT2D eigenvalue weighted by atomic mass is 79.9. The molecule has 1 aromatic carbocycles. The molecule has 0 saturated heterocycles. The highest BCUT2D eigenvalue weighted by molar-refractivity contribution is 9.09. The smallest absolute Gasteiger partial charge is 0.0595 e. The van der Waals surface area contributed by atoms with Crippen molar-refractivity contribution in [1.29, 1.82) is 0 Å². The summed E-state index contributed by atoms with van der Waals surface area (Å²) in [6.45, 7) is 4.12. The second-order valence-corrected chi connectivity index (χ2v) is 5.90. The SMILES string of the molecule is CC(C)(Br)c1ccc(Cl)c(Cl)c1. The van der Waals surface area contributed by atoms with E-state index >= 15 is 0 Å². The zero-order valence-electron chi connectivity index (χ0n) is 6.87. The molecule has 0 fully saturated rings.